The number of hydrogen-bond donors (Lipinski definition) is 1. The van der Waals surface area contributed by atoms with Crippen LogP contribution in [0.1, 0.15) is 30.4 Å². The van der Waals surface area contributed by atoms with Crippen LogP contribution in [0.5, 0.6) is 0 Å². The molecule has 2 atom stereocenters. The van der Waals surface area contributed by atoms with Crippen molar-refractivity contribution in [3.63, 3.8) is 0 Å². The van der Waals surface area contributed by atoms with Crippen molar-refractivity contribution < 1.29 is 0 Å². The Bertz CT molecular complexity index is 375. The molecule has 2 heteroatoms. The molecular formula is C16H26N2. The number of nitrogens with one attached hydrogen (secondary N) is 1. The van der Waals surface area contributed by atoms with Gasteiger partial charge in [0.25, 0.3) is 0 Å². The maximum Gasteiger partial charge on any atom is 0.0233 e. The molecule has 0 aromatic heterocycles. The largest absolute Gasteiger partial charge is 0.317 e. The van der Waals surface area contributed by atoms with Crippen molar-refractivity contribution >= 4 is 0 Å². The summed E-state index contributed by atoms with van der Waals surface area (Å²) in [6.45, 7) is 4.48. The molecule has 0 saturated heterocycles. The number of aryl methyl sites for hydroxylation is 1. The Hall–Kier alpha value is -0.860. The topological polar surface area (TPSA) is 15.3 Å². The van der Waals surface area contributed by atoms with Gasteiger partial charge < -0.3 is 10.2 Å². The first-order valence-electron chi connectivity index (χ1n) is 7.11. The molecule has 1 aliphatic carbocycles. The Morgan fingerprint density at radius 2 is 2.06 bits per heavy atom. The molecule has 2 unspecified atom stereocenters. The predicted molar refractivity (Wildman–Crippen MR) is 77.7 cm³/mol. The summed E-state index contributed by atoms with van der Waals surface area (Å²) in [5.74, 6) is 0.823. The Kier molecular flexibility index (Phi) is 4.79. The van der Waals surface area contributed by atoms with Crippen molar-refractivity contribution in [1.29, 1.82) is 0 Å². The summed E-state index contributed by atoms with van der Waals surface area (Å²) in [5.41, 5.74) is 2.86. The minimum Gasteiger partial charge on any atom is -0.317 e. The van der Waals surface area contributed by atoms with Crippen LogP contribution in [-0.4, -0.2) is 31.6 Å². The average Bonchev–Trinajstić information content (AvgIpc) is 2.79. The van der Waals surface area contributed by atoms with Crippen LogP contribution in [0.25, 0.3) is 0 Å². The third-order valence-electron chi connectivity index (χ3n) is 4.28. The van der Waals surface area contributed by atoms with E-state index in [1.807, 2.05) is 0 Å². The molecule has 1 saturated carbocycles. The maximum atomic E-state index is 3.47. The standard InChI is InChI=1S/C16H26N2/c1-13-7-4-5-8-14(13)11-18(3)12-15-9-6-10-16(15)17-2/h4-5,7-8,15-17H,6,9-12H2,1-3H3. The number of rotatable bonds is 5. The Balaban J connectivity index is 1.89. The molecule has 18 heavy (non-hydrogen) atoms. The van der Waals surface area contributed by atoms with Gasteiger partial charge in [0.15, 0.2) is 0 Å². The van der Waals surface area contributed by atoms with Crippen molar-refractivity contribution in [2.24, 2.45) is 5.92 Å². The second kappa shape index (κ2) is 6.35. The van der Waals surface area contributed by atoms with Gasteiger partial charge in [0, 0.05) is 19.1 Å². The zero-order valence-electron chi connectivity index (χ0n) is 11.9. The molecule has 0 amide bonds. The molecule has 1 aromatic rings. The minimum absolute atomic E-state index is 0.726. The maximum absolute atomic E-state index is 3.47. The third-order valence-corrected chi connectivity index (χ3v) is 4.28. The van der Waals surface area contributed by atoms with Gasteiger partial charge in [0.05, 0.1) is 0 Å². The first-order valence-corrected chi connectivity index (χ1v) is 7.11. The molecule has 2 rings (SSSR count). The fourth-order valence-corrected chi connectivity index (χ4v) is 3.18. The SMILES string of the molecule is CNC1CCCC1CN(C)Cc1ccccc1C. The van der Waals surface area contributed by atoms with Gasteiger partial charge in [0.2, 0.25) is 0 Å². The lowest BCUT2D eigenvalue weighted by atomic mass is 10.0. The molecule has 0 heterocycles. The number of hydrogen-bond acceptors (Lipinski definition) is 2. The van der Waals surface area contributed by atoms with E-state index < -0.39 is 0 Å². The van der Waals surface area contributed by atoms with Crippen LogP contribution >= 0.6 is 0 Å². The van der Waals surface area contributed by atoms with Gasteiger partial charge >= 0.3 is 0 Å². The Labute approximate surface area is 111 Å². The zero-order chi connectivity index (χ0) is 13.0. The molecule has 1 fully saturated rings. The van der Waals surface area contributed by atoms with Crippen molar-refractivity contribution in [3.05, 3.63) is 35.4 Å². The summed E-state index contributed by atoms with van der Waals surface area (Å²) in [6.07, 6.45) is 4.11. The quantitative estimate of drug-likeness (QED) is 0.859. The van der Waals surface area contributed by atoms with E-state index in [0.29, 0.717) is 0 Å². The molecule has 0 bridgehead atoms. The molecule has 100 valence electrons. The third kappa shape index (κ3) is 3.33. The van der Waals surface area contributed by atoms with Crippen LogP contribution in [0, 0.1) is 12.8 Å². The van der Waals surface area contributed by atoms with Gasteiger partial charge in [-0.3, -0.25) is 0 Å². The Morgan fingerprint density at radius 3 is 2.78 bits per heavy atom. The molecule has 1 aliphatic rings. The first-order chi connectivity index (χ1) is 8.70. The lowest BCUT2D eigenvalue weighted by molar-refractivity contribution is 0.248. The van der Waals surface area contributed by atoms with E-state index in [-0.39, 0.29) is 0 Å². The highest BCUT2D eigenvalue weighted by molar-refractivity contribution is 5.25. The van der Waals surface area contributed by atoms with Gasteiger partial charge in [-0.1, -0.05) is 30.7 Å². The van der Waals surface area contributed by atoms with E-state index >= 15 is 0 Å². The predicted octanol–water partition coefficient (Wildman–Crippen LogP) is 2.81. The molecule has 1 N–H and O–H groups in total. The normalized spacial score (nSPS) is 23.8. The van der Waals surface area contributed by atoms with E-state index in [0.717, 1.165) is 18.5 Å². The van der Waals surface area contributed by atoms with Gasteiger partial charge in [-0.15, -0.1) is 0 Å². The summed E-state index contributed by atoms with van der Waals surface area (Å²) in [4.78, 5) is 2.47. The van der Waals surface area contributed by atoms with E-state index in [2.05, 4.69) is 55.5 Å². The van der Waals surface area contributed by atoms with Crippen molar-refractivity contribution in [2.75, 3.05) is 20.6 Å². The van der Waals surface area contributed by atoms with Crippen LogP contribution in [0.15, 0.2) is 24.3 Å². The van der Waals surface area contributed by atoms with Gasteiger partial charge in [-0.25, -0.2) is 0 Å². The van der Waals surface area contributed by atoms with Crippen LogP contribution in [0.3, 0.4) is 0 Å². The summed E-state index contributed by atoms with van der Waals surface area (Å²) < 4.78 is 0. The van der Waals surface area contributed by atoms with Gasteiger partial charge in [0.1, 0.15) is 0 Å². The highest BCUT2D eigenvalue weighted by atomic mass is 15.1. The molecule has 0 aliphatic heterocycles. The van der Waals surface area contributed by atoms with Crippen molar-refractivity contribution in [3.8, 4) is 0 Å². The first kappa shape index (κ1) is 13.6. The lowest BCUT2D eigenvalue weighted by Gasteiger charge is -2.25. The summed E-state index contributed by atoms with van der Waals surface area (Å²) in [7, 11) is 4.35. The second-order valence-electron chi connectivity index (χ2n) is 5.71. The molecular weight excluding hydrogens is 220 g/mol. The van der Waals surface area contributed by atoms with Crippen LogP contribution in [-0.2, 0) is 6.54 Å². The highest BCUT2D eigenvalue weighted by Gasteiger charge is 2.26. The van der Waals surface area contributed by atoms with E-state index in [1.54, 1.807) is 0 Å². The second-order valence-corrected chi connectivity index (χ2v) is 5.71. The summed E-state index contributed by atoms with van der Waals surface area (Å²) >= 11 is 0. The van der Waals surface area contributed by atoms with E-state index in [9.17, 15) is 0 Å². The molecule has 0 spiro atoms. The average molecular weight is 246 g/mol. The van der Waals surface area contributed by atoms with Crippen molar-refractivity contribution in [2.45, 2.75) is 38.8 Å². The van der Waals surface area contributed by atoms with E-state index in [4.69, 9.17) is 0 Å². The van der Waals surface area contributed by atoms with Crippen molar-refractivity contribution in [1.82, 2.24) is 10.2 Å². The molecule has 1 aromatic carbocycles. The van der Waals surface area contributed by atoms with Gasteiger partial charge in [-0.05, 0) is 50.9 Å². The minimum atomic E-state index is 0.726. The fourth-order valence-electron chi connectivity index (χ4n) is 3.18. The van der Waals surface area contributed by atoms with Crippen LogP contribution in [0.4, 0.5) is 0 Å². The monoisotopic (exact) mass is 246 g/mol. The summed E-state index contributed by atoms with van der Waals surface area (Å²) in [6, 6.07) is 9.43. The Morgan fingerprint density at radius 1 is 1.28 bits per heavy atom. The number of benzene rings is 1. The highest BCUT2D eigenvalue weighted by Crippen LogP contribution is 2.26. The lowest BCUT2D eigenvalue weighted by Crippen LogP contribution is -2.36. The smallest absolute Gasteiger partial charge is 0.0233 e. The summed E-state index contributed by atoms with van der Waals surface area (Å²) in [5, 5.41) is 3.47. The number of nitrogens with zero attached hydrogens (tertiary/aromatic N) is 1. The van der Waals surface area contributed by atoms with Crippen LogP contribution < -0.4 is 5.32 Å². The fraction of sp³-hybridized carbons (Fsp3) is 0.625. The zero-order valence-corrected chi connectivity index (χ0v) is 11.9. The molecule has 0 radical (unpaired) electrons. The van der Waals surface area contributed by atoms with Gasteiger partial charge in [-0.2, -0.15) is 0 Å². The molecule has 2 nitrogen and oxygen atoms in total. The van der Waals surface area contributed by atoms with E-state index in [1.165, 1.54) is 36.9 Å². The van der Waals surface area contributed by atoms with Crippen LogP contribution in [0.2, 0.25) is 0 Å².